The normalized spacial score (nSPS) is 15.1. The molecule has 0 spiro atoms. The van der Waals surface area contributed by atoms with Gasteiger partial charge in [0.1, 0.15) is 6.04 Å². The van der Waals surface area contributed by atoms with Crippen molar-refractivity contribution in [1.82, 2.24) is 15.5 Å². The molecule has 108 valence electrons. The number of nitrogens with zero attached hydrogens (tertiary/aromatic N) is 2. The predicted molar refractivity (Wildman–Crippen MR) is 72.4 cm³/mol. The molecule has 1 amide bonds. The first-order chi connectivity index (χ1) is 8.70. The van der Waals surface area contributed by atoms with Gasteiger partial charge in [-0.15, -0.1) is 0 Å². The lowest BCUT2D eigenvalue weighted by Crippen LogP contribution is -2.28. The van der Waals surface area contributed by atoms with Crippen LogP contribution in [0.3, 0.4) is 0 Å². The van der Waals surface area contributed by atoms with Crippen LogP contribution in [-0.2, 0) is 10.2 Å². The SMILES string of the molecule is CC(N)CCC(=O)NC(C)c1nc(C(C)(C)C)no1. The second-order valence-corrected chi connectivity index (χ2v) is 6.01. The van der Waals surface area contributed by atoms with E-state index in [1.807, 2.05) is 34.6 Å². The highest BCUT2D eigenvalue weighted by molar-refractivity contribution is 5.76. The van der Waals surface area contributed by atoms with Crippen LogP contribution < -0.4 is 11.1 Å². The molecule has 1 heterocycles. The van der Waals surface area contributed by atoms with E-state index in [0.29, 0.717) is 24.6 Å². The summed E-state index contributed by atoms with van der Waals surface area (Å²) in [6.07, 6.45) is 1.07. The quantitative estimate of drug-likeness (QED) is 0.847. The fraction of sp³-hybridized carbons (Fsp3) is 0.769. The van der Waals surface area contributed by atoms with Gasteiger partial charge in [0, 0.05) is 17.9 Å². The molecular formula is C13H24N4O2. The largest absolute Gasteiger partial charge is 0.345 e. The van der Waals surface area contributed by atoms with Gasteiger partial charge in [0.2, 0.25) is 11.8 Å². The molecule has 1 rings (SSSR count). The van der Waals surface area contributed by atoms with Gasteiger partial charge in [-0.2, -0.15) is 4.98 Å². The zero-order valence-corrected chi connectivity index (χ0v) is 12.4. The fourth-order valence-corrected chi connectivity index (χ4v) is 1.45. The molecule has 0 aliphatic heterocycles. The van der Waals surface area contributed by atoms with Crippen LogP contribution in [0.25, 0.3) is 0 Å². The van der Waals surface area contributed by atoms with Gasteiger partial charge >= 0.3 is 0 Å². The van der Waals surface area contributed by atoms with Crippen molar-refractivity contribution >= 4 is 5.91 Å². The first kappa shape index (κ1) is 15.6. The monoisotopic (exact) mass is 268 g/mol. The lowest BCUT2D eigenvalue weighted by molar-refractivity contribution is -0.122. The lowest BCUT2D eigenvalue weighted by atomic mass is 9.96. The Kier molecular flexibility index (Phi) is 5.05. The Morgan fingerprint density at radius 1 is 1.42 bits per heavy atom. The van der Waals surface area contributed by atoms with Crippen LogP contribution in [0.15, 0.2) is 4.52 Å². The van der Waals surface area contributed by atoms with Crippen molar-refractivity contribution in [1.29, 1.82) is 0 Å². The zero-order valence-electron chi connectivity index (χ0n) is 12.4. The maximum atomic E-state index is 11.7. The Balaban J connectivity index is 2.56. The van der Waals surface area contributed by atoms with E-state index in [-0.39, 0.29) is 23.4 Å². The highest BCUT2D eigenvalue weighted by atomic mass is 16.5. The van der Waals surface area contributed by atoms with Gasteiger partial charge in [0.05, 0.1) is 0 Å². The third-order valence-corrected chi connectivity index (χ3v) is 2.69. The van der Waals surface area contributed by atoms with Crippen molar-refractivity contribution in [3.8, 4) is 0 Å². The molecule has 0 saturated carbocycles. The van der Waals surface area contributed by atoms with Gasteiger partial charge < -0.3 is 15.6 Å². The number of hydrogen-bond donors (Lipinski definition) is 2. The average Bonchev–Trinajstić information content (AvgIpc) is 2.75. The minimum atomic E-state index is -0.288. The van der Waals surface area contributed by atoms with Gasteiger partial charge in [0.15, 0.2) is 5.82 Å². The zero-order chi connectivity index (χ0) is 14.6. The molecule has 0 fully saturated rings. The number of aromatic nitrogens is 2. The van der Waals surface area contributed by atoms with Gasteiger partial charge in [-0.1, -0.05) is 25.9 Å². The van der Waals surface area contributed by atoms with E-state index in [9.17, 15) is 4.79 Å². The molecule has 1 aromatic heterocycles. The molecule has 2 unspecified atom stereocenters. The third kappa shape index (κ3) is 4.98. The lowest BCUT2D eigenvalue weighted by Gasteiger charge is -2.12. The number of rotatable bonds is 5. The number of nitrogens with two attached hydrogens (primary N) is 1. The Morgan fingerprint density at radius 3 is 2.53 bits per heavy atom. The van der Waals surface area contributed by atoms with E-state index in [4.69, 9.17) is 10.3 Å². The van der Waals surface area contributed by atoms with E-state index >= 15 is 0 Å². The number of carbonyl (C=O) groups is 1. The van der Waals surface area contributed by atoms with Crippen molar-refractivity contribution in [2.24, 2.45) is 5.73 Å². The van der Waals surface area contributed by atoms with Crippen LogP contribution in [0.1, 0.15) is 65.2 Å². The van der Waals surface area contributed by atoms with Crippen LogP contribution in [0.5, 0.6) is 0 Å². The highest BCUT2D eigenvalue weighted by Gasteiger charge is 2.23. The summed E-state index contributed by atoms with van der Waals surface area (Å²) in [5.41, 5.74) is 5.45. The molecule has 19 heavy (non-hydrogen) atoms. The molecule has 1 aromatic rings. The Morgan fingerprint density at radius 2 is 2.05 bits per heavy atom. The number of carbonyl (C=O) groups excluding carboxylic acids is 1. The summed E-state index contributed by atoms with van der Waals surface area (Å²) in [5, 5.41) is 6.76. The maximum absolute atomic E-state index is 11.7. The molecule has 6 nitrogen and oxygen atoms in total. The van der Waals surface area contributed by atoms with Crippen molar-refractivity contribution in [2.75, 3.05) is 0 Å². The molecule has 0 aliphatic rings. The molecule has 0 aromatic carbocycles. The van der Waals surface area contributed by atoms with Crippen molar-refractivity contribution in [2.45, 2.75) is 65.0 Å². The Labute approximate surface area is 114 Å². The van der Waals surface area contributed by atoms with Gasteiger partial charge in [-0.3, -0.25) is 4.79 Å². The summed E-state index contributed by atoms with van der Waals surface area (Å²) in [6.45, 7) is 9.72. The first-order valence-corrected chi connectivity index (χ1v) is 6.59. The molecular weight excluding hydrogens is 244 g/mol. The molecule has 2 atom stereocenters. The smallest absolute Gasteiger partial charge is 0.248 e. The molecule has 0 aliphatic carbocycles. The average molecular weight is 268 g/mol. The second kappa shape index (κ2) is 6.14. The van der Waals surface area contributed by atoms with Crippen LogP contribution in [0.2, 0.25) is 0 Å². The molecule has 0 saturated heterocycles. The summed E-state index contributed by atoms with van der Waals surface area (Å²) in [6, 6.07) is -0.263. The van der Waals surface area contributed by atoms with Crippen LogP contribution in [0, 0.1) is 0 Å². The van der Waals surface area contributed by atoms with Crippen molar-refractivity contribution < 1.29 is 9.32 Å². The Hall–Kier alpha value is -1.43. The minimum Gasteiger partial charge on any atom is -0.345 e. The summed E-state index contributed by atoms with van der Waals surface area (Å²) in [4.78, 5) is 16.0. The van der Waals surface area contributed by atoms with Crippen LogP contribution in [-0.4, -0.2) is 22.1 Å². The van der Waals surface area contributed by atoms with E-state index in [1.165, 1.54) is 0 Å². The van der Waals surface area contributed by atoms with Crippen LogP contribution >= 0.6 is 0 Å². The van der Waals surface area contributed by atoms with Gasteiger partial charge in [-0.05, 0) is 20.3 Å². The van der Waals surface area contributed by atoms with Crippen molar-refractivity contribution in [3.05, 3.63) is 11.7 Å². The molecule has 3 N–H and O–H groups in total. The number of nitrogens with one attached hydrogen (secondary N) is 1. The molecule has 0 radical (unpaired) electrons. The van der Waals surface area contributed by atoms with E-state index in [1.54, 1.807) is 0 Å². The first-order valence-electron chi connectivity index (χ1n) is 6.59. The minimum absolute atomic E-state index is 0.0250. The number of hydrogen-bond acceptors (Lipinski definition) is 5. The van der Waals surface area contributed by atoms with E-state index < -0.39 is 0 Å². The van der Waals surface area contributed by atoms with Crippen molar-refractivity contribution in [3.63, 3.8) is 0 Å². The van der Waals surface area contributed by atoms with Gasteiger partial charge in [-0.25, -0.2) is 0 Å². The number of amides is 1. The highest BCUT2D eigenvalue weighted by Crippen LogP contribution is 2.20. The standard InChI is InChI=1S/C13H24N4O2/c1-8(14)6-7-10(18)15-9(2)11-16-12(17-19-11)13(3,4)5/h8-9H,6-7,14H2,1-5H3,(H,15,18). The van der Waals surface area contributed by atoms with E-state index in [2.05, 4.69) is 15.5 Å². The summed E-state index contributed by atoms with van der Waals surface area (Å²) in [7, 11) is 0. The van der Waals surface area contributed by atoms with Gasteiger partial charge in [0.25, 0.3) is 0 Å². The Bertz CT molecular complexity index is 421. The topological polar surface area (TPSA) is 94.0 Å². The predicted octanol–water partition coefficient (Wildman–Crippen LogP) is 1.67. The fourth-order valence-electron chi connectivity index (χ4n) is 1.45. The second-order valence-electron chi connectivity index (χ2n) is 6.01. The third-order valence-electron chi connectivity index (χ3n) is 2.69. The molecule has 0 bridgehead atoms. The molecule has 6 heteroatoms. The van der Waals surface area contributed by atoms with E-state index in [0.717, 1.165) is 0 Å². The van der Waals surface area contributed by atoms with Crippen LogP contribution in [0.4, 0.5) is 0 Å². The summed E-state index contributed by atoms with van der Waals surface area (Å²) in [5.74, 6) is 1.01. The summed E-state index contributed by atoms with van der Waals surface area (Å²) >= 11 is 0. The summed E-state index contributed by atoms with van der Waals surface area (Å²) < 4.78 is 5.18. The maximum Gasteiger partial charge on any atom is 0.248 e.